The van der Waals surface area contributed by atoms with E-state index in [1.54, 1.807) is 0 Å². The van der Waals surface area contributed by atoms with Crippen LogP contribution in [-0.2, 0) is 18.9 Å². The number of allylic oxidation sites excluding steroid dienone is 4. The second kappa shape index (κ2) is 9.65. The van der Waals surface area contributed by atoms with Crippen molar-refractivity contribution in [3.63, 3.8) is 0 Å². The molecule has 4 heteroatoms. The average Bonchev–Trinajstić information content (AvgIpc) is 3.66. The molecule has 4 heterocycles. The first-order valence-corrected chi connectivity index (χ1v) is 13.9. The van der Waals surface area contributed by atoms with Crippen molar-refractivity contribution in [1.82, 2.24) is 0 Å². The van der Waals surface area contributed by atoms with Crippen LogP contribution in [0.2, 0.25) is 0 Å². The number of hydrogen-bond acceptors (Lipinski definition) is 4. The van der Waals surface area contributed by atoms with Crippen molar-refractivity contribution in [2.24, 2.45) is 0 Å². The third-order valence-electron chi connectivity index (χ3n) is 9.02. The number of hydrogen-bond donors (Lipinski definition) is 0. The van der Waals surface area contributed by atoms with Crippen molar-refractivity contribution in [3.8, 4) is 0 Å². The van der Waals surface area contributed by atoms with Crippen LogP contribution >= 0.6 is 0 Å². The topological polar surface area (TPSA) is 50.1 Å². The predicted molar refractivity (Wildman–Crippen MR) is 138 cm³/mol. The summed E-state index contributed by atoms with van der Waals surface area (Å²) in [5.74, 6) is 0. The lowest BCUT2D eigenvalue weighted by molar-refractivity contribution is 0.265. The predicted octanol–water partition coefficient (Wildman–Crippen LogP) is 7.45. The first-order valence-electron chi connectivity index (χ1n) is 13.9. The van der Waals surface area contributed by atoms with E-state index in [0.29, 0.717) is 24.4 Å². The first-order chi connectivity index (χ1) is 15.9. The molecule has 0 aliphatic carbocycles. The largest absolute Gasteiger partial charge is 0.366 e. The fraction of sp³-hybridized carbons (Fsp3) is 0.867. The Labute approximate surface area is 208 Å². The molecule has 0 aromatic carbocycles. The van der Waals surface area contributed by atoms with E-state index in [4.69, 9.17) is 18.9 Å². The lowest BCUT2D eigenvalue weighted by Crippen LogP contribution is -2.16. The Kier molecular flexibility index (Phi) is 7.49. The normalized spacial score (nSPS) is 43.9. The minimum Gasteiger partial charge on any atom is -0.366 e. The molecule has 0 amide bonds. The number of epoxide rings is 4. The van der Waals surface area contributed by atoms with Gasteiger partial charge in [-0.1, -0.05) is 23.3 Å². The minimum atomic E-state index is 0.0486. The summed E-state index contributed by atoms with van der Waals surface area (Å²) < 4.78 is 24.4. The van der Waals surface area contributed by atoms with E-state index < -0.39 is 0 Å². The molecule has 4 aliphatic rings. The van der Waals surface area contributed by atoms with Gasteiger partial charge in [0.05, 0.1) is 46.8 Å². The van der Waals surface area contributed by atoms with Gasteiger partial charge in [0.2, 0.25) is 0 Å². The van der Waals surface area contributed by atoms with Crippen molar-refractivity contribution in [1.29, 1.82) is 0 Å². The Morgan fingerprint density at radius 3 is 1.12 bits per heavy atom. The molecule has 4 nitrogen and oxygen atoms in total. The molecule has 4 saturated heterocycles. The SMILES string of the molecule is CC(C)=CCC[C@]1(C)O[C@H]1CC[C@@]1(C)O[C@@H]1CC[C@H]1O[C@]1(C)CC[C@@H]1O[C@@]1(C)CCC=C(C)C. The van der Waals surface area contributed by atoms with Crippen LogP contribution in [0.5, 0.6) is 0 Å². The smallest absolute Gasteiger partial charge is 0.0923 e. The van der Waals surface area contributed by atoms with Crippen LogP contribution < -0.4 is 0 Å². The summed E-state index contributed by atoms with van der Waals surface area (Å²) in [4.78, 5) is 0. The molecule has 0 N–H and O–H groups in total. The molecule has 34 heavy (non-hydrogen) atoms. The minimum absolute atomic E-state index is 0.0486. The van der Waals surface area contributed by atoms with Gasteiger partial charge in [0.15, 0.2) is 0 Å². The summed E-state index contributed by atoms with van der Waals surface area (Å²) in [5.41, 5.74) is 3.06. The van der Waals surface area contributed by atoms with Crippen molar-refractivity contribution in [2.75, 3.05) is 0 Å². The first kappa shape index (κ1) is 26.4. The van der Waals surface area contributed by atoms with Gasteiger partial charge in [-0.2, -0.15) is 0 Å². The summed E-state index contributed by atoms with van der Waals surface area (Å²) in [7, 11) is 0. The third kappa shape index (κ3) is 6.55. The van der Waals surface area contributed by atoms with Crippen LogP contribution in [0.25, 0.3) is 0 Å². The molecule has 4 aliphatic heterocycles. The maximum absolute atomic E-state index is 6.15. The molecule has 0 radical (unpaired) electrons. The van der Waals surface area contributed by atoms with E-state index in [2.05, 4.69) is 67.5 Å². The number of rotatable bonds is 15. The van der Waals surface area contributed by atoms with Gasteiger partial charge in [0.25, 0.3) is 0 Å². The second-order valence-corrected chi connectivity index (χ2v) is 13.0. The van der Waals surface area contributed by atoms with Crippen molar-refractivity contribution in [3.05, 3.63) is 23.3 Å². The van der Waals surface area contributed by atoms with Gasteiger partial charge >= 0.3 is 0 Å². The monoisotopic (exact) mass is 474 g/mol. The summed E-state index contributed by atoms with van der Waals surface area (Å²) in [6.45, 7) is 17.8. The third-order valence-corrected chi connectivity index (χ3v) is 9.02. The quantitative estimate of drug-likeness (QED) is 0.183. The highest BCUT2D eigenvalue weighted by atomic mass is 16.6. The molecule has 0 bridgehead atoms. The van der Waals surface area contributed by atoms with Crippen LogP contribution in [0.4, 0.5) is 0 Å². The molecule has 194 valence electrons. The Bertz CT molecular complexity index is 730. The highest BCUT2D eigenvalue weighted by Gasteiger charge is 2.59. The van der Waals surface area contributed by atoms with Crippen LogP contribution in [0.1, 0.15) is 120 Å². The van der Waals surface area contributed by atoms with Crippen molar-refractivity contribution in [2.45, 2.75) is 166 Å². The fourth-order valence-corrected chi connectivity index (χ4v) is 5.93. The molecule has 0 saturated carbocycles. The zero-order chi connectivity index (χ0) is 24.8. The molecule has 8 atom stereocenters. The van der Waals surface area contributed by atoms with E-state index in [9.17, 15) is 0 Å². The van der Waals surface area contributed by atoms with E-state index in [0.717, 1.165) is 64.2 Å². The molecule has 4 fully saturated rings. The Morgan fingerprint density at radius 2 is 0.794 bits per heavy atom. The summed E-state index contributed by atoms with van der Waals surface area (Å²) in [6.07, 6.45) is 17.4. The highest BCUT2D eigenvalue weighted by Crippen LogP contribution is 2.52. The zero-order valence-electron chi connectivity index (χ0n) is 23.2. The van der Waals surface area contributed by atoms with Gasteiger partial charge in [-0.25, -0.2) is 0 Å². The molecule has 4 rings (SSSR count). The van der Waals surface area contributed by atoms with Crippen LogP contribution in [-0.4, -0.2) is 46.8 Å². The molecule has 0 spiro atoms. The summed E-state index contributed by atoms with van der Waals surface area (Å²) in [6, 6.07) is 0. The summed E-state index contributed by atoms with van der Waals surface area (Å²) in [5, 5.41) is 0. The maximum atomic E-state index is 6.15. The van der Waals surface area contributed by atoms with Gasteiger partial charge < -0.3 is 18.9 Å². The summed E-state index contributed by atoms with van der Waals surface area (Å²) >= 11 is 0. The molecular formula is C30H50O4. The van der Waals surface area contributed by atoms with Gasteiger partial charge in [-0.3, -0.25) is 0 Å². The van der Waals surface area contributed by atoms with Crippen LogP contribution in [0.15, 0.2) is 23.3 Å². The lowest BCUT2D eigenvalue weighted by atomic mass is 9.90. The standard InChI is InChI=1S/C30H50O4/c1-21(2)11-9-17-27(5)25(33-27)15-19-29(7)23(31-29)13-14-24-30(8,32-24)20-16-26-28(6,34-26)18-10-12-22(3)4/h11-12,23-26H,9-10,13-20H2,1-8H3/t23-,24-,25+,26+,27+,28+,29-,30-/m1/s1. The van der Waals surface area contributed by atoms with Gasteiger partial charge in [-0.15, -0.1) is 0 Å². The van der Waals surface area contributed by atoms with Gasteiger partial charge in [0.1, 0.15) is 0 Å². The van der Waals surface area contributed by atoms with Gasteiger partial charge in [-0.05, 0) is 120 Å². The van der Waals surface area contributed by atoms with E-state index in [1.165, 1.54) is 11.1 Å². The molecule has 0 aromatic rings. The fourth-order valence-electron chi connectivity index (χ4n) is 5.93. The zero-order valence-corrected chi connectivity index (χ0v) is 23.2. The Balaban J connectivity index is 1.07. The second-order valence-electron chi connectivity index (χ2n) is 13.0. The van der Waals surface area contributed by atoms with E-state index in [-0.39, 0.29) is 22.4 Å². The lowest BCUT2D eigenvalue weighted by Gasteiger charge is -2.08. The maximum Gasteiger partial charge on any atom is 0.0923 e. The van der Waals surface area contributed by atoms with E-state index >= 15 is 0 Å². The molecule has 0 aromatic heterocycles. The Hall–Kier alpha value is -0.680. The number of ether oxygens (including phenoxy) is 4. The van der Waals surface area contributed by atoms with Gasteiger partial charge in [0, 0.05) is 0 Å². The van der Waals surface area contributed by atoms with Crippen molar-refractivity contribution >= 4 is 0 Å². The Morgan fingerprint density at radius 1 is 0.500 bits per heavy atom. The average molecular weight is 475 g/mol. The van der Waals surface area contributed by atoms with Crippen LogP contribution in [0.3, 0.4) is 0 Å². The molecule has 0 unspecified atom stereocenters. The highest BCUT2D eigenvalue weighted by molar-refractivity contribution is 5.08. The van der Waals surface area contributed by atoms with Crippen LogP contribution in [0, 0.1) is 0 Å². The van der Waals surface area contributed by atoms with E-state index in [1.807, 2.05) is 0 Å². The van der Waals surface area contributed by atoms with Crippen molar-refractivity contribution < 1.29 is 18.9 Å². The molecular weight excluding hydrogens is 424 g/mol.